The van der Waals surface area contributed by atoms with E-state index in [2.05, 4.69) is 20.1 Å². The molecule has 0 spiro atoms. The second-order valence-electron chi connectivity index (χ2n) is 5.70. The Morgan fingerprint density at radius 1 is 1.43 bits per heavy atom. The van der Waals surface area contributed by atoms with E-state index < -0.39 is 0 Å². The number of thioether (sulfide) groups is 1. The van der Waals surface area contributed by atoms with E-state index in [-0.39, 0.29) is 11.2 Å². The van der Waals surface area contributed by atoms with Gasteiger partial charge in [-0.2, -0.15) is 0 Å². The lowest BCUT2D eigenvalue weighted by Crippen LogP contribution is -2.30. The van der Waals surface area contributed by atoms with E-state index in [1.54, 1.807) is 0 Å². The normalized spacial score (nSPS) is 15.4. The lowest BCUT2D eigenvalue weighted by atomic mass is 10.2. The van der Waals surface area contributed by atoms with Crippen molar-refractivity contribution in [2.24, 2.45) is 0 Å². The van der Waals surface area contributed by atoms with Gasteiger partial charge in [-0.05, 0) is 38.3 Å². The Balaban J connectivity index is 1.59. The zero-order chi connectivity index (χ0) is 16.4. The summed E-state index contributed by atoms with van der Waals surface area (Å²) in [5.74, 6) is 0.886. The molecule has 1 aromatic carbocycles. The van der Waals surface area contributed by atoms with Gasteiger partial charge in [-0.3, -0.25) is 4.79 Å². The predicted molar refractivity (Wildman–Crippen MR) is 91.6 cm³/mol. The summed E-state index contributed by atoms with van der Waals surface area (Å²) < 4.78 is 2.14. The Morgan fingerprint density at radius 3 is 2.87 bits per heavy atom. The van der Waals surface area contributed by atoms with E-state index in [9.17, 15) is 4.79 Å². The lowest BCUT2D eigenvalue weighted by molar-refractivity contribution is -0.120. The van der Waals surface area contributed by atoms with Crippen molar-refractivity contribution in [3.63, 3.8) is 0 Å². The van der Waals surface area contributed by atoms with Crippen molar-refractivity contribution in [1.82, 2.24) is 20.1 Å². The van der Waals surface area contributed by atoms with E-state index in [1.165, 1.54) is 24.6 Å². The van der Waals surface area contributed by atoms with Crippen molar-refractivity contribution in [2.45, 2.75) is 49.7 Å². The van der Waals surface area contributed by atoms with Crippen LogP contribution in [0.1, 0.15) is 37.2 Å². The number of aromatic nitrogens is 3. The fourth-order valence-electron chi connectivity index (χ4n) is 2.36. The Bertz CT molecular complexity index is 714. The van der Waals surface area contributed by atoms with Gasteiger partial charge in [0.25, 0.3) is 0 Å². The zero-order valence-corrected chi connectivity index (χ0v) is 14.7. The molecule has 1 atom stereocenters. The van der Waals surface area contributed by atoms with E-state index in [4.69, 9.17) is 11.6 Å². The molecule has 1 aliphatic rings. The number of hydrogen-bond donors (Lipinski definition) is 1. The third-order valence-electron chi connectivity index (χ3n) is 3.81. The molecule has 3 rings (SSSR count). The van der Waals surface area contributed by atoms with Gasteiger partial charge in [0.2, 0.25) is 5.91 Å². The molecule has 5 nitrogen and oxygen atoms in total. The Hall–Kier alpha value is -1.53. The first-order valence-electron chi connectivity index (χ1n) is 7.65. The monoisotopic (exact) mass is 350 g/mol. The van der Waals surface area contributed by atoms with E-state index >= 15 is 0 Å². The number of nitrogens with one attached hydrogen (secondary N) is 1. The summed E-state index contributed by atoms with van der Waals surface area (Å²) in [4.78, 5) is 12.3. The van der Waals surface area contributed by atoms with Crippen LogP contribution in [0.25, 0.3) is 0 Å². The maximum atomic E-state index is 12.3. The van der Waals surface area contributed by atoms with Gasteiger partial charge < -0.3 is 9.88 Å². The largest absolute Gasteiger partial charge is 0.351 e. The molecule has 1 heterocycles. The standard InChI is InChI=1S/C16H19ClN4OS/c1-10(15(22)18-9-12-5-3-4-6-14(12)17)23-16-20-19-11(2)21(16)13-7-8-13/h3-6,10,13H,7-9H2,1-2H3,(H,18,22)/t10-/m0/s1. The van der Waals surface area contributed by atoms with Crippen LogP contribution in [-0.2, 0) is 11.3 Å². The van der Waals surface area contributed by atoms with Crippen LogP contribution in [0, 0.1) is 6.92 Å². The molecular formula is C16H19ClN4OS. The average molecular weight is 351 g/mol. The molecule has 0 radical (unpaired) electrons. The number of rotatable bonds is 6. The number of benzene rings is 1. The number of halogens is 1. The Labute approximate surface area is 144 Å². The van der Waals surface area contributed by atoms with Gasteiger partial charge >= 0.3 is 0 Å². The Kier molecular flexibility index (Phi) is 4.92. The van der Waals surface area contributed by atoms with Crippen LogP contribution in [0.5, 0.6) is 0 Å². The van der Waals surface area contributed by atoms with Gasteiger partial charge in [0.05, 0.1) is 5.25 Å². The smallest absolute Gasteiger partial charge is 0.233 e. The van der Waals surface area contributed by atoms with Crippen LogP contribution >= 0.6 is 23.4 Å². The fraction of sp³-hybridized carbons (Fsp3) is 0.438. The second kappa shape index (κ2) is 6.93. The van der Waals surface area contributed by atoms with Crippen LogP contribution < -0.4 is 5.32 Å². The third kappa shape index (κ3) is 3.87. The first-order valence-corrected chi connectivity index (χ1v) is 8.91. The maximum Gasteiger partial charge on any atom is 0.233 e. The molecule has 0 saturated heterocycles. The summed E-state index contributed by atoms with van der Waals surface area (Å²) in [5.41, 5.74) is 0.914. The molecule has 1 aromatic heterocycles. The fourth-order valence-corrected chi connectivity index (χ4v) is 3.55. The van der Waals surface area contributed by atoms with Gasteiger partial charge in [0, 0.05) is 17.6 Å². The quantitative estimate of drug-likeness (QED) is 0.811. The van der Waals surface area contributed by atoms with Gasteiger partial charge in [-0.15, -0.1) is 10.2 Å². The first-order chi connectivity index (χ1) is 11.1. The van der Waals surface area contributed by atoms with Crippen LogP contribution in [0.2, 0.25) is 5.02 Å². The molecule has 1 aliphatic carbocycles. The highest BCUT2D eigenvalue weighted by Crippen LogP contribution is 2.39. The minimum atomic E-state index is -0.237. The molecule has 0 aliphatic heterocycles. The molecule has 0 unspecified atom stereocenters. The first kappa shape index (κ1) is 16.3. The summed E-state index contributed by atoms with van der Waals surface area (Å²) in [6.07, 6.45) is 2.33. The molecule has 1 N–H and O–H groups in total. The molecular weight excluding hydrogens is 332 g/mol. The van der Waals surface area contributed by atoms with Gasteiger partial charge in [-0.25, -0.2) is 0 Å². The molecule has 7 heteroatoms. The lowest BCUT2D eigenvalue weighted by Gasteiger charge is -2.13. The molecule has 1 amide bonds. The predicted octanol–water partition coefficient (Wildman–Crippen LogP) is 3.37. The molecule has 23 heavy (non-hydrogen) atoms. The van der Waals surface area contributed by atoms with Crippen molar-refractivity contribution in [3.05, 3.63) is 40.7 Å². The van der Waals surface area contributed by atoms with Crippen molar-refractivity contribution < 1.29 is 4.79 Å². The van der Waals surface area contributed by atoms with E-state index in [0.717, 1.165) is 16.5 Å². The highest BCUT2D eigenvalue weighted by molar-refractivity contribution is 8.00. The minimum absolute atomic E-state index is 0.0297. The molecule has 0 bridgehead atoms. The minimum Gasteiger partial charge on any atom is -0.351 e. The van der Waals surface area contributed by atoms with Crippen LogP contribution in [-0.4, -0.2) is 25.9 Å². The summed E-state index contributed by atoms with van der Waals surface area (Å²) in [5, 5.41) is 12.5. The number of hydrogen-bond acceptors (Lipinski definition) is 4. The SMILES string of the molecule is Cc1nnc(S[C@@H](C)C(=O)NCc2ccccc2Cl)n1C1CC1. The third-order valence-corrected chi connectivity index (χ3v) is 5.23. The number of nitrogens with zero attached hydrogens (tertiary/aromatic N) is 3. The zero-order valence-electron chi connectivity index (χ0n) is 13.1. The molecule has 122 valence electrons. The number of amides is 1. The summed E-state index contributed by atoms with van der Waals surface area (Å²) in [7, 11) is 0. The van der Waals surface area contributed by atoms with E-state index in [1.807, 2.05) is 38.1 Å². The number of aryl methyl sites for hydroxylation is 1. The summed E-state index contributed by atoms with van der Waals surface area (Å²) in [6, 6.07) is 8.02. The molecule has 1 fully saturated rings. The van der Waals surface area contributed by atoms with Crippen molar-refractivity contribution in [1.29, 1.82) is 0 Å². The van der Waals surface area contributed by atoms with Crippen molar-refractivity contribution in [2.75, 3.05) is 0 Å². The van der Waals surface area contributed by atoms with Crippen LogP contribution in [0.15, 0.2) is 29.4 Å². The highest BCUT2D eigenvalue weighted by atomic mass is 35.5. The van der Waals surface area contributed by atoms with Crippen molar-refractivity contribution >= 4 is 29.3 Å². The van der Waals surface area contributed by atoms with Gasteiger partial charge in [0.1, 0.15) is 5.82 Å². The van der Waals surface area contributed by atoms with Crippen molar-refractivity contribution in [3.8, 4) is 0 Å². The molecule has 2 aromatic rings. The van der Waals surface area contributed by atoms with Gasteiger partial charge in [0.15, 0.2) is 5.16 Å². The number of carbonyl (C=O) groups excluding carboxylic acids is 1. The van der Waals surface area contributed by atoms with Crippen LogP contribution in [0.3, 0.4) is 0 Å². The average Bonchev–Trinajstić information content (AvgIpc) is 3.30. The topological polar surface area (TPSA) is 59.8 Å². The summed E-state index contributed by atoms with van der Waals surface area (Å²) >= 11 is 7.56. The molecule has 1 saturated carbocycles. The Morgan fingerprint density at radius 2 is 2.17 bits per heavy atom. The maximum absolute atomic E-state index is 12.3. The second-order valence-corrected chi connectivity index (χ2v) is 7.42. The number of carbonyl (C=O) groups is 1. The highest BCUT2D eigenvalue weighted by Gasteiger charge is 2.29. The van der Waals surface area contributed by atoms with E-state index in [0.29, 0.717) is 17.6 Å². The summed E-state index contributed by atoms with van der Waals surface area (Å²) in [6.45, 7) is 4.27. The van der Waals surface area contributed by atoms with Gasteiger partial charge in [-0.1, -0.05) is 41.6 Å². The van der Waals surface area contributed by atoms with Crippen LogP contribution in [0.4, 0.5) is 0 Å².